The van der Waals surface area contributed by atoms with Crippen LogP contribution in [0.15, 0.2) is 42.5 Å². The third-order valence-corrected chi connectivity index (χ3v) is 6.36. The van der Waals surface area contributed by atoms with Crippen molar-refractivity contribution in [2.75, 3.05) is 46.1 Å². The molecule has 1 unspecified atom stereocenters. The van der Waals surface area contributed by atoms with Gasteiger partial charge in [-0.15, -0.1) is 24.8 Å². The Morgan fingerprint density at radius 3 is 2.56 bits per heavy atom. The largest absolute Gasteiger partial charge is 0.454 e. The molecule has 8 heteroatoms. The van der Waals surface area contributed by atoms with Gasteiger partial charge in [0.2, 0.25) is 6.79 Å². The van der Waals surface area contributed by atoms with Crippen LogP contribution in [0, 0.1) is 5.92 Å². The Labute approximate surface area is 202 Å². The average Bonchev–Trinajstić information content (AvgIpc) is 3.45. The van der Waals surface area contributed by atoms with Gasteiger partial charge in [0.15, 0.2) is 11.5 Å². The van der Waals surface area contributed by atoms with E-state index in [2.05, 4.69) is 34.5 Å². The number of hydrogen-bond donors (Lipinski definition) is 1. The Bertz CT molecular complexity index is 913. The van der Waals surface area contributed by atoms with Gasteiger partial charge in [-0.05, 0) is 67.2 Å². The second kappa shape index (κ2) is 11.2. The lowest BCUT2D eigenvalue weighted by Gasteiger charge is -2.35. The van der Waals surface area contributed by atoms with Crippen LogP contribution in [0.3, 0.4) is 0 Å². The summed E-state index contributed by atoms with van der Waals surface area (Å²) in [6.07, 6.45) is 2.28. The number of fused-ring (bicyclic) bond motifs is 1. The van der Waals surface area contributed by atoms with Gasteiger partial charge in [0, 0.05) is 38.3 Å². The van der Waals surface area contributed by atoms with Crippen molar-refractivity contribution in [1.29, 1.82) is 0 Å². The van der Waals surface area contributed by atoms with Crippen molar-refractivity contribution in [3.05, 3.63) is 59.2 Å². The average molecular weight is 480 g/mol. The summed E-state index contributed by atoms with van der Waals surface area (Å²) in [5.41, 5.74) is 3.31. The molecule has 0 aromatic heterocycles. The van der Waals surface area contributed by atoms with E-state index in [1.54, 1.807) is 0 Å². The molecule has 2 fully saturated rings. The first-order valence-electron chi connectivity index (χ1n) is 10.9. The minimum Gasteiger partial charge on any atom is -0.454 e. The van der Waals surface area contributed by atoms with Gasteiger partial charge in [0.25, 0.3) is 5.91 Å². The molecule has 1 amide bonds. The molecule has 0 saturated carbocycles. The number of hydrogen-bond acceptors (Lipinski definition) is 5. The molecule has 0 bridgehead atoms. The molecule has 1 N–H and O–H groups in total. The van der Waals surface area contributed by atoms with Crippen molar-refractivity contribution in [3.63, 3.8) is 0 Å². The lowest BCUT2D eigenvalue weighted by molar-refractivity contribution is 0.0628. The molecule has 1 atom stereocenters. The van der Waals surface area contributed by atoms with Gasteiger partial charge >= 0.3 is 0 Å². The topological polar surface area (TPSA) is 54.0 Å². The van der Waals surface area contributed by atoms with E-state index < -0.39 is 0 Å². The van der Waals surface area contributed by atoms with Gasteiger partial charge < -0.3 is 19.7 Å². The summed E-state index contributed by atoms with van der Waals surface area (Å²) >= 11 is 0. The zero-order valence-electron chi connectivity index (χ0n) is 18.1. The standard InChI is InChI=1S/C24H29N3O3.2ClH/c28-24(21-3-1-2-18(13-21)12-19-6-7-25-15-19)27-10-8-26(9-11-27)16-20-4-5-22-23(14-20)30-17-29-22;;/h1-5,13-14,19,25H,6-12,15-17H2;2*1H. The van der Waals surface area contributed by atoms with Crippen molar-refractivity contribution >= 4 is 30.7 Å². The molecule has 3 aliphatic rings. The minimum absolute atomic E-state index is 0. The van der Waals surface area contributed by atoms with E-state index in [4.69, 9.17) is 9.47 Å². The van der Waals surface area contributed by atoms with E-state index in [1.807, 2.05) is 23.1 Å². The highest BCUT2D eigenvalue weighted by Crippen LogP contribution is 2.32. The van der Waals surface area contributed by atoms with Crippen LogP contribution in [0.5, 0.6) is 11.5 Å². The van der Waals surface area contributed by atoms with E-state index in [9.17, 15) is 4.79 Å². The summed E-state index contributed by atoms with van der Waals surface area (Å²) in [7, 11) is 0. The fraction of sp³-hybridized carbons (Fsp3) is 0.458. The van der Waals surface area contributed by atoms with Crippen molar-refractivity contribution in [2.24, 2.45) is 5.92 Å². The predicted octanol–water partition coefficient (Wildman–Crippen LogP) is 3.37. The molecule has 32 heavy (non-hydrogen) atoms. The monoisotopic (exact) mass is 479 g/mol. The number of amides is 1. The molecular formula is C24H31Cl2N3O3. The number of carbonyl (C=O) groups excluding carboxylic acids is 1. The van der Waals surface area contributed by atoms with Crippen LogP contribution in [0.25, 0.3) is 0 Å². The SMILES string of the molecule is Cl.Cl.O=C(c1cccc(CC2CCNC2)c1)N1CCN(Cc2ccc3c(c2)OCO3)CC1. The number of rotatable bonds is 5. The van der Waals surface area contributed by atoms with Gasteiger partial charge in [0.05, 0.1) is 0 Å². The van der Waals surface area contributed by atoms with Crippen molar-refractivity contribution < 1.29 is 14.3 Å². The number of ether oxygens (including phenoxy) is 2. The third kappa shape index (κ3) is 5.67. The zero-order chi connectivity index (χ0) is 20.3. The van der Waals surface area contributed by atoms with Crippen LogP contribution in [0.4, 0.5) is 0 Å². The maximum absolute atomic E-state index is 13.0. The first-order chi connectivity index (χ1) is 14.7. The lowest BCUT2D eigenvalue weighted by Crippen LogP contribution is -2.48. The van der Waals surface area contributed by atoms with E-state index in [1.165, 1.54) is 17.5 Å². The quantitative estimate of drug-likeness (QED) is 0.712. The summed E-state index contributed by atoms with van der Waals surface area (Å²) in [4.78, 5) is 17.4. The second-order valence-corrected chi connectivity index (χ2v) is 8.52. The van der Waals surface area contributed by atoms with Crippen LogP contribution in [-0.4, -0.2) is 61.8 Å². The normalized spacial score (nSPS) is 19.9. The number of nitrogens with zero attached hydrogens (tertiary/aromatic N) is 2. The molecule has 0 radical (unpaired) electrons. The fourth-order valence-corrected chi connectivity index (χ4v) is 4.64. The van der Waals surface area contributed by atoms with E-state index >= 15 is 0 Å². The molecular weight excluding hydrogens is 449 g/mol. The van der Waals surface area contributed by atoms with Crippen LogP contribution < -0.4 is 14.8 Å². The number of nitrogens with one attached hydrogen (secondary N) is 1. The molecule has 6 nitrogen and oxygen atoms in total. The summed E-state index contributed by atoms with van der Waals surface area (Å²) in [5.74, 6) is 2.49. The maximum atomic E-state index is 13.0. The number of piperazine rings is 1. The van der Waals surface area contributed by atoms with Gasteiger partial charge in [0.1, 0.15) is 0 Å². The Kier molecular flexibility index (Phi) is 8.65. The van der Waals surface area contributed by atoms with E-state index in [0.717, 1.165) is 69.3 Å². The van der Waals surface area contributed by atoms with Gasteiger partial charge in [-0.3, -0.25) is 9.69 Å². The number of carbonyl (C=O) groups is 1. The predicted molar refractivity (Wildman–Crippen MR) is 129 cm³/mol. The molecule has 3 aliphatic heterocycles. The Morgan fingerprint density at radius 2 is 1.78 bits per heavy atom. The second-order valence-electron chi connectivity index (χ2n) is 8.52. The van der Waals surface area contributed by atoms with E-state index in [-0.39, 0.29) is 30.7 Å². The molecule has 174 valence electrons. The smallest absolute Gasteiger partial charge is 0.253 e. The van der Waals surface area contributed by atoms with E-state index in [0.29, 0.717) is 12.7 Å². The molecule has 2 aromatic rings. The molecule has 5 rings (SSSR count). The van der Waals surface area contributed by atoms with Crippen LogP contribution >= 0.6 is 24.8 Å². The summed E-state index contributed by atoms with van der Waals surface area (Å²) in [6, 6.07) is 14.4. The number of benzene rings is 2. The first-order valence-corrected chi connectivity index (χ1v) is 10.9. The van der Waals surface area contributed by atoms with Gasteiger partial charge in [-0.2, -0.15) is 0 Å². The van der Waals surface area contributed by atoms with Gasteiger partial charge in [-0.1, -0.05) is 18.2 Å². The highest BCUT2D eigenvalue weighted by molar-refractivity contribution is 5.94. The van der Waals surface area contributed by atoms with Crippen LogP contribution in [0.1, 0.15) is 27.9 Å². The third-order valence-electron chi connectivity index (χ3n) is 6.36. The van der Waals surface area contributed by atoms with Crippen molar-refractivity contribution in [2.45, 2.75) is 19.4 Å². The zero-order valence-corrected chi connectivity index (χ0v) is 19.8. The highest BCUT2D eigenvalue weighted by atomic mass is 35.5. The highest BCUT2D eigenvalue weighted by Gasteiger charge is 2.23. The summed E-state index contributed by atoms with van der Waals surface area (Å²) in [5, 5.41) is 3.42. The molecule has 0 aliphatic carbocycles. The minimum atomic E-state index is 0. The molecule has 2 aromatic carbocycles. The number of halogens is 2. The first kappa shape index (κ1) is 24.6. The van der Waals surface area contributed by atoms with Crippen LogP contribution in [0.2, 0.25) is 0 Å². The summed E-state index contributed by atoms with van der Waals surface area (Å²) < 4.78 is 10.9. The lowest BCUT2D eigenvalue weighted by atomic mass is 9.97. The van der Waals surface area contributed by atoms with Crippen molar-refractivity contribution in [1.82, 2.24) is 15.1 Å². The maximum Gasteiger partial charge on any atom is 0.253 e. The van der Waals surface area contributed by atoms with Crippen LogP contribution in [-0.2, 0) is 13.0 Å². The summed E-state index contributed by atoms with van der Waals surface area (Å²) in [6.45, 7) is 6.66. The van der Waals surface area contributed by atoms with Gasteiger partial charge in [-0.25, -0.2) is 0 Å². The molecule has 2 saturated heterocycles. The Hall–Kier alpha value is -1.99. The van der Waals surface area contributed by atoms with Crippen molar-refractivity contribution in [3.8, 4) is 11.5 Å². The molecule has 0 spiro atoms. The molecule has 3 heterocycles. The Balaban J connectivity index is 0.00000144. The Morgan fingerprint density at radius 1 is 0.969 bits per heavy atom. The fourth-order valence-electron chi connectivity index (χ4n) is 4.64.